The first-order valence-corrected chi connectivity index (χ1v) is 7.18. The molecule has 9 heteroatoms. The van der Waals surface area contributed by atoms with E-state index in [9.17, 15) is 9.59 Å². The van der Waals surface area contributed by atoms with E-state index in [2.05, 4.69) is 15.3 Å². The van der Waals surface area contributed by atoms with Crippen LogP contribution in [-0.2, 0) is 19.1 Å². The fraction of sp³-hybridized carbons (Fsp3) is 0.846. The molecule has 0 atom stereocenters. The fourth-order valence-corrected chi connectivity index (χ4v) is 1.56. The second kappa shape index (κ2) is 14.3. The SMILES string of the molecule is CNCC(=O)N(C)CC(=O)CCCOCCOCCN=[N+]=[N-]. The van der Waals surface area contributed by atoms with Gasteiger partial charge in [0.25, 0.3) is 0 Å². The Morgan fingerprint density at radius 1 is 1.23 bits per heavy atom. The number of amides is 1. The number of azide groups is 1. The lowest BCUT2D eigenvalue weighted by Crippen LogP contribution is -2.37. The van der Waals surface area contributed by atoms with Crippen LogP contribution in [0.25, 0.3) is 10.4 Å². The molecule has 1 amide bonds. The summed E-state index contributed by atoms with van der Waals surface area (Å²) in [5, 5.41) is 6.08. The molecule has 0 saturated heterocycles. The van der Waals surface area contributed by atoms with E-state index in [1.54, 1.807) is 14.1 Å². The van der Waals surface area contributed by atoms with Crippen LogP contribution in [0.1, 0.15) is 12.8 Å². The standard InChI is InChI=1S/C13H25N5O4/c1-15-10-13(20)18(2)11-12(19)4-3-6-21-8-9-22-7-5-16-17-14/h15H,3-11H2,1-2H3. The number of nitrogens with zero attached hydrogens (tertiary/aromatic N) is 4. The van der Waals surface area contributed by atoms with Crippen LogP contribution in [-0.4, -0.2) is 76.7 Å². The summed E-state index contributed by atoms with van der Waals surface area (Å²) in [5.41, 5.74) is 8.05. The topological polar surface area (TPSA) is 117 Å². The van der Waals surface area contributed by atoms with Crippen molar-refractivity contribution in [1.29, 1.82) is 0 Å². The Morgan fingerprint density at radius 2 is 1.91 bits per heavy atom. The predicted octanol–water partition coefficient (Wildman–Crippen LogP) is 0.357. The summed E-state index contributed by atoms with van der Waals surface area (Å²) in [6.45, 7) is 2.38. The third-order valence-electron chi connectivity index (χ3n) is 2.68. The van der Waals surface area contributed by atoms with E-state index in [0.29, 0.717) is 45.8 Å². The molecule has 0 saturated carbocycles. The molecule has 22 heavy (non-hydrogen) atoms. The molecule has 0 aromatic heterocycles. The minimum Gasteiger partial charge on any atom is -0.379 e. The van der Waals surface area contributed by atoms with E-state index >= 15 is 0 Å². The van der Waals surface area contributed by atoms with Crippen molar-refractivity contribution in [3.63, 3.8) is 0 Å². The molecule has 0 bridgehead atoms. The minimum absolute atomic E-state index is 0.0150. The van der Waals surface area contributed by atoms with Gasteiger partial charge >= 0.3 is 0 Å². The van der Waals surface area contributed by atoms with E-state index in [1.165, 1.54) is 4.90 Å². The van der Waals surface area contributed by atoms with Crippen molar-refractivity contribution < 1.29 is 19.1 Å². The van der Waals surface area contributed by atoms with Crippen molar-refractivity contribution in [1.82, 2.24) is 10.2 Å². The number of ketones is 1. The van der Waals surface area contributed by atoms with Crippen molar-refractivity contribution in [3.05, 3.63) is 10.4 Å². The third kappa shape index (κ3) is 12.1. The number of rotatable bonds is 14. The first-order chi connectivity index (χ1) is 10.6. The molecular weight excluding hydrogens is 290 g/mol. The van der Waals surface area contributed by atoms with Crippen LogP contribution < -0.4 is 5.32 Å². The monoisotopic (exact) mass is 315 g/mol. The highest BCUT2D eigenvalue weighted by Crippen LogP contribution is 1.95. The summed E-state index contributed by atoms with van der Waals surface area (Å²) in [6.07, 6.45) is 1.00. The van der Waals surface area contributed by atoms with E-state index < -0.39 is 0 Å². The quantitative estimate of drug-likeness (QED) is 0.215. The number of carbonyl (C=O) groups is 2. The Morgan fingerprint density at radius 3 is 2.55 bits per heavy atom. The maximum Gasteiger partial charge on any atom is 0.236 e. The Bertz CT molecular complexity index is 371. The summed E-state index contributed by atoms with van der Waals surface area (Å²) in [6, 6.07) is 0. The van der Waals surface area contributed by atoms with Crippen LogP contribution >= 0.6 is 0 Å². The normalized spacial score (nSPS) is 10.1. The third-order valence-corrected chi connectivity index (χ3v) is 2.68. The molecule has 126 valence electrons. The Labute approximate surface area is 130 Å². The summed E-state index contributed by atoms with van der Waals surface area (Å²) in [4.78, 5) is 27.2. The molecule has 0 aliphatic carbocycles. The van der Waals surface area contributed by atoms with Gasteiger partial charge in [-0.15, -0.1) is 0 Å². The van der Waals surface area contributed by atoms with Gasteiger partial charge < -0.3 is 19.7 Å². The first-order valence-electron chi connectivity index (χ1n) is 7.18. The molecule has 9 nitrogen and oxygen atoms in total. The number of carbonyl (C=O) groups excluding carboxylic acids is 2. The Kier molecular flexibility index (Phi) is 13.2. The molecular formula is C13H25N5O4. The number of hydrogen-bond donors (Lipinski definition) is 1. The van der Waals surface area contributed by atoms with Gasteiger partial charge in [0.05, 0.1) is 32.9 Å². The van der Waals surface area contributed by atoms with E-state index in [1.807, 2.05) is 0 Å². The largest absolute Gasteiger partial charge is 0.379 e. The molecule has 0 rings (SSSR count). The van der Waals surface area contributed by atoms with Gasteiger partial charge in [-0.25, -0.2) is 0 Å². The lowest BCUT2D eigenvalue weighted by molar-refractivity contribution is -0.133. The average molecular weight is 315 g/mol. The second-order valence-corrected chi connectivity index (χ2v) is 4.60. The predicted molar refractivity (Wildman–Crippen MR) is 81.5 cm³/mol. The molecule has 0 heterocycles. The summed E-state index contributed by atoms with van der Waals surface area (Å²) >= 11 is 0. The molecule has 0 spiro atoms. The molecule has 0 unspecified atom stereocenters. The molecule has 1 N–H and O–H groups in total. The van der Waals surface area contributed by atoms with Crippen LogP contribution in [0.15, 0.2) is 5.11 Å². The van der Waals surface area contributed by atoms with Gasteiger partial charge in [0, 0.05) is 31.5 Å². The van der Waals surface area contributed by atoms with Gasteiger partial charge in [-0.3, -0.25) is 9.59 Å². The highest BCUT2D eigenvalue weighted by molar-refractivity contribution is 5.86. The zero-order chi connectivity index (χ0) is 16.6. The van der Waals surface area contributed by atoms with Gasteiger partial charge in [-0.2, -0.15) is 0 Å². The second-order valence-electron chi connectivity index (χ2n) is 4.60. The Balaban J connectivity index is 3.45. The highest BCUT2D eigenvalue weighted by atomic mass is 16.5. The van der Waals surface area contributed by atoms with Gasteiger partial charge in [-0.05, 0) is 19.0 Å². The number of ether oxygens (including phenoxy) is 2. The zero-order valence-electron chi connectivity index (χ0n) is 13.3. The molecule has 0 aliphatic rings. The number of nitrogens with one attached hydrogen (secondary N) is 1. The zero-order valence-corrected chi connectivity index (χ0v) is 13.3. The van der Waals surface area contributed by atoms with Crippen LogP contribution in [0.3, 0.4) is 0 Å². The van der Waals surface area contributed by atoms with E-state index in [4.69, 9.17) is 15.0 Å². The van der Waals surface area contributed by atoms with Crippen molar-refractivity contribution >= 4 is 11.7 Å². The maximum atomic E-state index is 11.7. The Hall–Kier alpha value is -1.67. The van der Waals surface area contributed by atoms with Gasteiger partial charge in [0.15, 0.2) is 5.78 Å². The van der Waals surface area contributed by atoms with Gasteiger partial charge in [-0.1, -0.05) is 5.11 Å². The van der Waals surface area contributed by atoms with Gasteiger partial charge in [0.2, 0.25) is 5.91 Å². The smallest absolute Gasteiger partial charge is 0.236 e. The molecule has 0 aliphatic heterocycles. The molecule has 0 aromatic carbocycles. The van der Waals surface area contributed by atoms with Crippen LogP contribution in [0.4, 0.5) is 0 Å². The van der Waals surface area contributed by atoms with Crippen LogP contribution in [0, 0.1) is 0 Å². The van der Waals surface area contributed by atoms with Crippen molar-refractivity contribution in [2.45, 2.75) is 12.8 Å². The highest BCUT2D eigenvalue weighted by Gasteiger charge is 2.11. The van der Waals surface area contributed by atoms with E-state index in [0.717, 1.165) is 0 Å². The minimum atomic E-state index is -0.106. The average Bonchev–Trinajstić information content (AvgIpc) is 2.49. The van der Waals surface area contributed by atoms with Crippen molar-refractivity contribution in [3.8, 4) is 0 Å². The lowest BCUT2D eigenvalue weighted by atomic mass is 10.2. The fourth-order valence-electron chi connectivity index (χ4n) is 1.56. The summed E-state index contributed by atoms with van der Waals surface area (Å²) in [5.74, 6) is -0.0915. The summed E-state index contributed by atoms with van der Waals surface area (Å²) < 4.78 is 10.5. The lowest BCUT2D eigenvalue weighted by Gasteiger charge is -2.15. The van der Waals surface area contributed by atoms with Gasteiger partial charge in [0.1, 0.15) is 0 Å². The molecule has 0 aromatic rings. The molecule has 0 radical (unpaired) electrons. The first kappa shape index (κ1) is 20.3. The number of Topliss-reactive ketones (excluding diaryl/α,β-unsaturated/α-hetero) is 1. The van der Waals surface area contributed by atoms with Crippen LogP contribution in [0.2, 0.25) is 0 Å². The number of hydrogen-bond acceptors (Lipinski definition) is 6. The maximum absolute atomic E-state index is 11.7. The number of likely N-dealkylation sites (N-methyl/N-ethyl adjacent to an activating group) is 2. The van der Waals surface area contributed by atoms with Crippen molar-refractivity contribution in [2.24, 2.45) is 5.11 Å². The molecule has 0 fully saturated rings. The van der Waals surface area contributed by atoms with E-state index in [-0.39, 0.29) is 24.8 Å². The summed E-state index contributed by atoms with van der Waals surface area (Å²) in [7, 11) is 3.30. The van der Waals surface area contributed by atoms with Crippen molar-refractivity contribution in [2.75, 3.05) is 60.2 Å². The van der Waals surface area contributed by atoms with Crippen LogP contribution in [0.5, 0.6) is 0 Å².